The number of nitrogens with one attached hydrogen (secondary N) is 1. The van der Waals surface area contributed by atoms with E-state index in [4.69, 9.17) is 0 Å². The van der Waals surface area contributed by atoms with Gasteiger partial charge >= 0.3 is 0 Å². The van der Waals surface area contributed by atoms with E-state index in [-0.39, 0.29) is 6.04 Å². The first-order chi connectivity index (χ1) is 10.0. The lowest BCUT2D eigenvalue weighted by Crippen LogP contribution is -2.27. The smallest absolute Gasteiger partial charge is 0.159 e. The Balaban J connectivity index is 1.79. The molecule has 0 fully saturated rings. The molecule has 0 saturated heterocycles. The Morgan fingerprint density at radius 1 is 1.29 bits per heavy atom. The molecule has 1 N–H and O–H groups in total. The second-order valence-corrected chi connectivity index (χ2v) is 8.47. The first kappa shape index (κ1) is 15.4. The average Bonchev–Trinajstić information content (AvgIpc) is 2.83. The van der Waals surface area contributed by atoms with Gasteiger partial charge in [0.2, 0.25) is 0 Å². The van der Waals surface area contributed by atoms with Crippen LogP contribution in [0.2, 0.25) is 0 Å². The Hall–Kier alpha value is -0.530. The number of benzene rings is 1. The zero-order valence-electron chi connectivity index (χ0n) is 11.6. The summed E-state index contributed by atoms with van der Waals surface area (Å²) in [5.41, 5.74) is 2.16. The van der Waals surface area contributed by atoms with Crippen LogP contribution < -0.4 is 5.32 Å². The highest BCUT2D eigenvalue weighted by Gasteiger charge is 2.24. The van der Waals surface area contributed by atoms with Crippen molar-refractivity contribution in [2.45, 2.75) is 38.3 Å². The second-order valence-electron chi connectivity index (χ2n) is 5.44. The minimum absolute atomic E-state index is 0.00592. The van der Waals surface area contributed by atoms with Crippen LogP contribution in [0.3, 0.4) is 0 Å². The van der Waals surface area contributed by atoms with E-state index in [1.165, 1.54) is 31.9 Å². The molecule has 0 bridgehead atoms. The molecule has 0 saturated carbocycles. The van der Waals surface area contributed by atoms with Crippen LogP contribution in [-0.4, -0.2) is 0 Å². The van der Waals surface area contributed by atoms with Crippen LogP contribution in [0, 0.1) is 14.5 Å². The number of thiophene rings is 1. The van der Waals surface area contributed by atoms with Crippen LogP contribution in [0.25, 0.3) is 0 Å². The van der Waals surface area contributed by atoms with E-state index in [0.717, 1.165) is 18.4 Å². The molecule has 5 heteroatoms. The summed E-state index contributed by atoms with van der Waals surface area (Å²) in [6.45, 7) is 2.00. The van der Waals surface area contributed by atoms with Crippen molar-refractivity contribution in [1.82, 2.24) is 5.32 Å². The van der Waals surface area contributed by atoms with Gasteiger partial charge in [-0.2, -0.15) is 0 Å². The predicted molar refractivity (Wildman–Crippen MR) is 90.6 cm³/mol. The first-order valence-corrected chi connectivity index (χ1v) is 8.93. The number of halogens is 3. The lowest BCUT2D eigenvalue weighted by molar-refractivity contribution is 0.416. The lowest BCUT2D eigenvalue weighted by Gasteiger charge is -2.27. The maximum Gasteiger partial charge on any atom is 0.159 e. The molecular formula is C16H16F2INS. The van der Waals surface area contributed by atoms with Gasteiger partial charge in [0.15, 0.2) is 11.6 Å². The predicted octanol–water partition coefficient (Wildman–Crippen LogP) is 5.36. The minimum atomic E-state index is -0.793. The molecule has 21 heavy (non-hydrogen) atoms. The Morgan fingerprint density at radius 2 is 2.10 bits per heavy atom. The summed E-state index contributed by atoms with van der Waals surface area (Å²) in [7, 11) is 0. The molecule has 0 spiro atoms. The third-order valence-electron chi connectivity index (χ3n) is 3.98. The fourth-order valence-electron chi connectivity index (χ4n) is 2.87. The summed E-state index contributed by atoms with van der Waals surface area (Å²) < 4.78 is 27.7. The maximum atomic E-state index is 13.4. The van der Waals surface area contributed by atoms with Gasteiger partial charge in [-0.1, -0.05) is 6.07 Å². The molecule has 0 aliphatic heterocycles. The molecule has 1 aliphatic rings. The molecule has 1 nitrogen and oxygen atoms in total. The Kier molecular flexibility index (Phi) is 4.61. The van der Waals surface area contributed by atoms with Gasteiger partial charge in [0.05, 0.1) is 2.88 Å². The van der Waals surface area contributed by atoms with E-state index >= 15 is 0 Å². The lowest BCUT2D eigenvalue weighted by atomic mass is 9.93. The molecule has 0 radical (unpaired) electrons. The number of hydrogen-bond acceptors (Lipinski definition) is 2. The van der Waals surface area contributed by atoms with Gasteiger partial charge in [0.25, 0.3) is 0 Å². The molecule has 3 rings (SSSR count). The minimum Gasteiger partial charge on any atom is -0.303 e. The Morgan fingerprint density at radius 3 is 2.86 bits per heavy atom. The number of hydrogen-bond donors (Lipinski definition) is 1. The summed E-state index contributed by atoms with van der Waals surface area (Å²) in [4.78, 5) is 1.46. The van der Waals surface area contributed by atoms with Gasteiger partial charge in [0.1, 0.15) is 0 Å². The van der Waals surface area contributed by atoms with E-state index in [1.807, 2.05) is 18.3 Å². The molecule has 112 valence electrons. The Bertz CT molecular complexity index is 656. The molecule has 2 aromatic rings. The van der Waals surface area contributed by atoms with Crippen LogP contribution in [-0.2, 0) is 6.42 Å². The highest BCUT2D eigenvalue weighted by molar-refractivity contribution is 14.1. The third kappa shape index (κ3) is 3.29. The van der Waals surface area contributed by atoms with Crippen LogP contribution >= 0.6 is 33.9 Å². The van der Waals surface area contributed by atoms with Crippen molar-refractivity contribution in [3.63, 3.8) is 0 Å². The van der Waals surface area contributed by atoms with E-state index < -0.39 is 11.6 Å². The van der Waals surface area contributed by atoms with Crippen molar-refractivity contribution in [2.75, 3.05) is 0 Å². The van der Waals surface area contributed by atoms with Crippen LogP contribution in [0.4, 0.5) is 8.78 Å². The summed E-state index contributed by atoms with van der Waals surface area (Å²) in [6, 6.07) is 6.67. The van der Waals surface area contributed by atoms with Crippen molar-refractivity contribution >= 4 is 33.9 Å². The van der Waals surface area contributed by atoms with Crippen molar-refractivity contribution < 1.29 is 8.78 Å². The van der Waals surface area contributed by atoms with Crippen molar-refractivity contribution in [3.05, 3.63) is 54.8 Å². The van der Waals surface area contributed by atoms with Gasteiger partial charge in [-0.05, 0) is 78.1 Å². The third-order valence-corrected chi connectivity index (χ3v) is 5.95. The molecule has 1 aromatic carbocycles. The largest absolute Gasteiger partial charge is 0.303 e. The van der Waals surface area contributed by atoms with Crippen molar-refractivity contribution in [2.24, 2.45) is 0 Å². The number of fused-ring (bicyclic) bond motifs is 1. The van der Waals surface area contributed by atoms with Crippen LogP contribution in [0.1, 0.15) is 47.9 Å². The molecule has 0 amide bonds. The fourth-order valence-corrected chi connectivity index (χ4v) is 4.99. The fraction of sp³-hybridized carbons (Fsp3) is 0.375. The molecule has 2 atom stereocenters. The topological polar surface area (TPSA) is 12.0 Å². The summed E-state index contributed by atoms with van der Waals surface area (Å²) in [5.74, 6) is -1.58. The second kappa shape index (κ2) is 6.30. The highest BCUT2D eigenvalue weighted by Crippen LogP contribution is 2.37. The van der Waals surface area contributed by atoms with Gasteiger partial charge in [-0.15, -0.1) is 11.3 Å². The van der Waals surface area contributed by atoms with Crippen molar-refractivity contribution in [3.8, 4) is 0 Å². The molecule has 1 heterocycles. The van der Waals surface area contributed by atoms with Crippen molar-refractivity contribution in [1.29, 1.82) is 0 Å². The summed E-state index contributed by atoms with van der Waals surface area (Å²) >= 11 is 4.22. The highest BCUT2D eigenvalue weighted by atomic mass is 127. The van der Waals surface area contributed by atoms with E-state index in [9.17, 15) is 8.78 Å². The van der Waals surface area contributed by atoms with E-state index in [1.54, 1.807) is 6.07 Å². The van der Waals surface area contributed by atoms with Gasteiger partial charge in [0, 0.05) is 17.0 Å². The standard InChI is InChI=1S/C16H16F2INS/c1-9(10-5-6-12(17)13(18)7-10)20-14-3-2-4-15-11(14)8-16(19)21-15/h5-9,14,20H,2-4H2,1H3. The summed E-state index contributed by atoms with van der Waals surface area (Å²) in [6.07, 6.45) is 3.42. The Labute approximate surface area is 140 Å². The number of aryl methyl sites for hydroxylation is 1. The van der Waals surface area contributed by atoms with E-state index in [2.05, 4.69) is 34.0 Å². The molecule has 1 aliphatic carbocycles. The van der Waals surface area contributed by atoms with Gasteiger partial charge < -0.3 is 5.32 Å². The van der Waals surface area contributed by atoms with Crippen LogP contribution in [0.5, 0.6) is 0 Å². The zero-order valence-corrected chi connectivity index (χ0v) is 14.6. The van der Waals surface area contributed by atoms with Gasteiger partial charge in [-0.25, -0.2) is 8.78 Å². The molecule has 1 aromatic heterocycles. The average molecular weight is 419 g/mol. The monoisotopic (exact) mass is 419 g/mol. The maximum absolute atomic E-state index is 13.4. The number of rotatable bonds is 3. The normalized spacial score (nSPS) is 19.3. The van der Waals surface area contributed by atoms with Crippen LogP contribution in [0.15, 0.2) is 24.3 Å². The molecular weight excluding hydrogens is 403 g/mol. The zero-order chi connectivity index (χ0) is 15.0. The van der Waals surface area contributed by atoms with Gasteiger partial charge in [-0.3, -0.25) is 0 Å². The molecule has 2 unspecified atom stereocenters. The summed E-state index contributed by atoms with van der Waals surface area (Å²) in [5, 5.41) is 3.57. The van der Waals surface area contributed by atoms with E-state index in [0.29, 0.717) is 6.04 Å². The first-order valence-electron chi connectivity index (χ1n) is 7.03. The SMILES string of the molecule is CC(NC1CCCc2sc(I)cc21)c1ccc(F)c(F)c1. The quantitative estimate of drug-likeness (QED) is 0.661.